The van der Waals surface area contributed by atoms with Crippen molar-refractivity contribution in [1.82, 2.24) is 10.2 Å². The van der Waals surface area contributed by atoms with E-state index in [1.165, 1.54) is 16.0 Å². The third kappa shape index (κ3) is 4.94. The molecule has 2 nitrogen and oxygen atoms in total. The Kier molecular flexibility index (Phi) is 8.59. The molecule has 0 aliphatic carbocycles. The normalized spacial score (nSPS) is 16.5. The topological polar surface area (TPSA) is 15.3 Å². The molecule has 0 bridgehead atoms. The molecule has 1 N–H and O–H groups in total. The Balaban J connectivity index is 0.00000132. The first kappa shape index (κ1) is 20.5. The molecule has 0 saturated carbocycles. The molecule has 1 fully saturated rings. The van der Waals surface area contributed by atoms with Crippen molar-refractivity contribution in [3.63, 3.8) is 0 Å². The molecule has 1 atom stereocenters. The first-order valence-electron chi connectivity index (χ1n) is 7.84. The first-order chi connectivity index (χ1) is 10.3. The number of rotatable bonds is 4. The lowest BCUT2D eigenvalue weighted by molar-refractivity contribution is 0.200. The van der Waals surface area contributed by atoms with E-state index >= 15 is 0 Å². The van der Waals surface area contributed by atoms with Crippen molar-refractivity contribution in [2.24, 2.45) is 0 Å². The molecule has 23 heavy (non-hydrogen) atoms. The largest absolute Gasteiger partial charge is 0.314 e. The van der Waals surface area contributed by atoms with Gasteiger partial charge in [-0.15, -0.1) is 36.2 Å². The molecule has 0 amide bonds. The van der Waals surface area contributed by atoms with Crippen LogP contribution in [0.5, 0.6) is 0 Å². The van der Waals surface area contributed by atoms with Crippen molar-refractivity contribution in [3.8, 4) is 0 Å². The van der Waals surface area contributed by atoms with Gasteiger partial charge >= 0.3 is 0 Å². The Morgan fingerprint density at radius 1 is 0.957 bits per heavy atom. The summed E-state index contributed by atoms with van der Waals surface area (Å²) in [6.45, 7) is 8.92. The van der Waals surface area contributed by atoms with E-state index in [1.807, 2.05) is 11.3 Å². The monoisotopic (exact) mass is 372 g/mol. The standard InChI is InChI=1S/C18H24N2S.2ClH/c1-14(2)15-5-7-16(8-6-15)18(17-4-3-13-21-17)20-11-9-19-10-12-20;;/h3-8,13-14,18-19H,9-12H2,1-2H3;2*1H/t18-;;/m0../s1. The molecule has 1 aromatic carbocycles. The highest BCUT2D eigenvalue weighted by Gasteiger charge is 2.24. The molecule has 0 radical (unpaired) electrons. The lowest BCUT2D eigenvalue weighted by Gasteiger charge is -2.35. The van der Waals surface area contributed by atoms with Gasteiger partial charge in [-0.2, -0.15) is 0 Å². The van der Waals surface area contributed by atoms with E-state index in [0.29, 0.717) is 12.0 Å². The van der Waals surface area contributed by atoms with E-state index in [1.54, 1.807) is 0 Å². The van der Waals surface area contributed by atoms with Gasteiger partial charge in [-0.1, -0.05) is 44.2 Å². The number of thiophene rings is 1. The quantitative estimate of drug-likeness (QED) is 0.835. The van der Waals surface area contributed by atoms with Crippen LogP contribution in [0.2, 0.25) is 0 Å². The lowest BCUT2D eigenvalue weighted by atomic mass is 9.97. The molecule has 128 valence electrons. The van der Waals surface area contributed by atoms with Crippen LogP contribution < -0.4 is 5.32 Å². The number of piperazine rings is 1. The van der Waals surface area contributed by atoms with Gasteiger partial charge in [0.2, 0.25) is 0 Å². The summed E-state index contributed by atoms with van der Waals surface area (Å²) in [6, 6.07) is 14.1. The highest BCUT2D eigenvalue weighted by molar-refractivity contribution is 7.10. The van der Waals surface area contributed by atoms with Crippen molar-refractivity contribution in [3.05, 3.63) is 57.8 Å². The summed E-state index contributed by atoms with van der Waals surface area (Å²) in [5.74, 6) is 0.596. The Labute approximate surface area is 156 Å². The molecule has 1 saturated heterocycles. The molecule has 5 heteroatoms. The number of hydrogen-bond acceptors (Lipinski definition) is 3. The van der Waals surface area contributed by atoms with Crippen LogP contribution in [-0.2, 0) is 0 Å². The van der Waals surface area contributed by atoms with Crippen LogP contribution in [-0.4, -0.2) is 31.1 Å². The highest BCUT2D eigenvalue weighted by Crippen LogP contribution is 2.32. The number of hydrogen-bond donors (Lipinski definition) is 1. The maximum absolute atomic E-state index is 3.45. The summed E-state index contributed by atoms with van der Waals surface area (Å²) in [5.41, 5.74) is 2.84. The molecule has 1 aromatic heterocycles. The van der Waals surface area contributed by atoms with Crippen molar-refractivity contribution in [2.45, 2.75) is 25.8 Å². The van der Waals surface area contributed by atoms with Gasteiger partial charge < -0.3 is 5.32 Å². The van der Waals surface area contributed by atoms with E-state index in [2.05, 4.69) is 65.8 Å². The van der Waals surface area contributed by atoms with Crippen LogP contribution in [0.4, 0.5) is 0 Å². The Morgan fingerprint density at radius 3 is 2.09 bits per heavy atom. The molecule has 2 aromatic rings. The van der Waals surface area contributed by atoms with Gasteiger partial charge in [0.15, 0.2) is 0 Å². The predicted molar refractivity (Wildman–Crippen MR) is 106 cm³/mol. The third-order valence-electron chi connectivity index (χ3n) is 4.25. The van der Waals surface area contributed by atoms with Crippen LogP contribution in [0.15, 0.2) is 41.8 Å². The van der Waals surface area contributed by atoms with Gasteiger partial charge in [-0.25, -0.2) is 0 Å². The van der Waals surface area contributed by atoms with Crippen molar-refractivity contribution >= 4 is 36.2 Å². The number of nitrogens with one attached hydrogen (secondary N) is 1. The fourth-order valence-corrected chi connectivity index (χ4v) is 3.89. The van der Waals surface area contributed by atoms with Gasteiger partial charge in [0.1, 0.15) is 0 Å². The van der Waals surface area contributed by atoms with Crippen LogP contribution >= 0.6 is 36.2 Å². The Hall–Kier alpha value is -0.580. The van der Waals surface area contributed by atoms with Crippen molar-refractivity contribution in [1.29, 1.82) is 0 Å². The van der Waals surface area contributed by atoms with Crippen LogP contribution in [0.25, 0.3) is 0 Å². The van der Waals surface area contributed by atoms with Gasteiger partial charge in [0.25, 0.3) is 0 Å². The van der Waals surface area contributed by atoms with E-state index in [-0.39, 0.29) is 24.8 Å². The Bertz CT molecular complexity index is 549. The zero-order valence-corrected chi connectivity index (χ0v) is 16.1. The fraction of sp³-hybridized carbons (Fsp3) is 0.444. The summed E-state index contributed by atoms with van der Waals surface area (Å²) in [6.07, 6.45) is 0. The minimum Gasteiger partial charge on any atom is -0.314 e. The van der Waals surface area contributed by atoms with E-state index in [9.17, 15) is 0 Å². The van der Waals surface area contributed by atoms with E-state index < -0.39 is 0 Å². The smallest absolute Gasteiger partial charge is 0.0696 e. The molecule has 3 rings (SSSR count). The predicted octanol–water partition coefficient (Wildman–Crippen LogP) is 4.71. The average Bonchev–Trinajstić information content (AvgIpc) is 3.03. The second kappa shape index (κ2) is 9.65. The second-order valence-corrected chi connectivity index (χ2v) is 7.00. The molecule has 0 spiro atoms. The lowest BCUT2D eigenvalue weighted by Crippen LogP contribution is -2.45. The summed E-state index contributed by atoms with van der Waals surface area (Å²) < 4.78 is 0. The zero-order chi connectivity index (χ0) is 14.7. The van der Waals surface area contributed by atoms with Crippen molar-refractivity contribution < 1.29 is 0 Å². The molecule has 0 unspecified atom stereocenters. The Morgan fingerprint density at radius 2 is 1.57 bits per heavy atom. The van der Waals surface area contributed by atoms with Crippen LogP contribution in [0.3, 0.4) is 0 Å². The zero-order valence-electron chi connectivity index (χ0n) is 13.7. The summed E-state index contributed by atoms with van der Waals surface area (Å²) in [7, 11) is 0. The third-order valence-corrected chi connectivity index (χ3v) is 5.17. The summed E-state index contributed by atoms with van der Waals surface area (Å²) in [5, 5.41) is 5.64. The molecular formula is C18H26Cl2N2S. The van der Waals surface area contributed by atoms with Gasteiger partial charge in [0, 0.05) is 31.1 Å². The maximum Gasteiger partial charge on any atom is 0.0696 e. The summed E-state index contributed by atoms with van der Waals surface area (Å²) >= 11 is 1.87. The van der Waals surface area contributed by atoms with E-state index in [0.717, 1.165) is 26.2 Å². The van der Waals surface area contributed by atoms with Gasteiger partial charge in [-0.3, -0.25) is 4.90 Å². The van der Waals surface area contributed by atoms with Crippen LogP contribution in [0.1, 0.15) is 41.8 Å². The first-order valence-corrected chi connectivity index (χ1v) is 8.71. The molecule has 2 heterocycles. The molecular weight excluding hydrogens is 347 g/mol. The summed E-state index contributed by atoms with van der Waals surface area (Å²) in [4.78, 5) is 4.06. The minimum absolute atomic E-state index is 0. The SMILES string of the molecule is CC(C)c1ccc([C@@H](c2cccs2)N2CCNCC2)cc1.Cl.Cl. The van der Waals surface area contributed by atoms with E-state index in [4.69, 9.17) is 0 Å². The molecule has 1 aliphatic heterocycles. The minimum atomic E-state index is 0. The van der Waals surface area contributed by atoms with Gasteiger partial charge in [-0.05, 0) is 28.5 Å². The van der Waals surface area contributed by atoms with Crippen molar-refractivity contribution in [2.75, 3.05) is 26.2 Å². The number of halogens is 2. The van der Waals surface area contributed by atoms with Crippen LogP contribution in [0, 0.1) is 0 Å². The molecule has 1 aliphatic rings. The number of benzene rings is 1. The highest BCUT2D eigenvalue weighted by atomic mass is 35.5. The number of nitrogens with zero attached hydrogens (tertiary/aromatic N) is 1. The maximum atomic E-state index is 3.45. The van der Waals surface area contributed by atoms with Gasteiger partial charge in [0.05, 0.1) is 6.04 Å². The average molecular weight is 373 g/mol. The second-order valence-electron chi connectivity index (χ2n) is 6.03. The fourth-order valence-electron chi connectivity index (χ4n) is 3.01.